The van der Waals surface area contributed by atoms with E-state index in [0.717, 1.165) is 5.56 Å². The van der Waals surface area contributed by atoms with Gasteiger partial charge in [-0.2, -0.15) is 4.31 Å². The van der Waals surface area contributed by atoms with Crippen LogP contribution < -0.4 is 15.6 Å². The Morgan fingerprint density at radius 2 is 1.64 bits per heavy atom. The first-order chi connectivity index (χ1) is 15.4. The van der Waals surface area contributed by atoms with E-state index in [2.05, 4.69) is 31.6 Å². The Morgan fingerprint density at radius 3 is 2.24 bits per heavy atom. The minimum absolute atomic E-state index is 0.0145. The zero-order valence-electron chi connectivity index (χ0n) is 20.0. The van der Waals surface area contributed by atoms with Crippen LogP contribution in [0.25, 0.3) is 0 Å². The Morgan fingerprint density at radius 1 is 1.00 bits per heavy atom. The second-order valence-corrected chi connectivity index (χ2v) is 10.5. The lowest BCUT2D eigenvalue weighted by molar-refractivity contribution is -0.128. The molecule has 0 spiro atoms. The van der Waals surface area contributed by atoms with Crippen LogP contribution in [0, 0.1) is 0 Å². The number of benzene rings is 2. The molecule has 0 radical (unpaired) electrons. The standard InChI is InChI=1S/C24H33N3O5S/c1-7-27(8-2)33(30,31)21-14-9-11-18(15-21)23(29)26-25-22(28)17(3)32-20-13-10-12-19(16-20)24(4,5)6/h9-17H,7-8H2,1-6H3,(H,25,28)(H,26,29). The summed E-state index contributed by atoms with van der Waals surface area (Å²) in [6, 6.07) is 13.2. The molecule has 2 aromatic carbocycles. The van der Waals surface area contributed by atoms with Crippen LogP contribution in [0.4, 0.5) is 0 Å². The van der Waals surface area contributed by atoms with Crippen LogP contribution in [-0.4, -0.2) is 43.7 Å². The largest absolute Gasteiger partial charge is 0.481 e. The van der Waals surface area contributed by atoms with Gasteiger partial charge < -0.3 is 4.74 Å². The highest BCUT2D eigenvalue weighted by Crippen LogP contribution is 2.26. The summed E-state index contributed by atoms with van der Waals surface area (Å²) in [5.74, 6) is -0.635. The Hall–Kier alpha value is -2.91. The maximum absolute atomic E-state index is 12.7. The van der Waals surface area contributed by atoms with Gasteiger partial charge in [0.1, 0.15) is 5.75 Å². The van der Waals surface area contributed by atoms with E-state index in [9.17, 15) is 18.0 Å². The van der Waals surface area contributed by atoms with Gasteiger partial charge >= 0.3 is 0 Å². The van der Waals surface area contributed by atoms with Crippen LogP contribution in [-0.2, 0) is 20.2 Å². The molecule has 1 unspecified atom stereocenters. The molecule has 0 aliphatic heterocycles. The average molecular weight is 476 g/mol. The SMILES string of the molecule is CCN(CC)S(=O)(=O)c1cccc(C(=O)NNC(=O)C(C)Oc2cccc(C(C)(C)C)c2)c1. The topological polar surface area (TPSA) is 105 Å². The lowest BCUT2D eigenvalue weighted by Crippen LogP contribution is -2.47. The molecule has 2 rings (SSSR count). The Labute approximate surface area is 196 Å². The minimum Gasteiger partial charge on any atom is -0.481 e. The number of nitrogens with one attached hydrogen (secondary N) is 2. The van der Waals surface area contributed by atoms with Gasteiger partial charge in [-0.25, -0.2) is 8.42 Å². The molecule has 0 saturated carbocycles. The van der Waals surface area contributed by atoms with E-state index in [1.54, 1.807) is 26.8 Å². The summed E-state index contributed by atoms with van der Waals surface area (Å²) in [5.41, 5.74) is 5.75. The Kier molecular flexibility index (Phi) is 8.63. The quantitative estimate of drug-likeness (QED) is 0.571. The van der Waals surface area contributed by atoms with Gasteiger partial charge in [-0.3, -0.25) is 20.4 Å². The molecule has 0 bridgehead atoms. The molecule has 9 heteroatoms. The number of sulfonamides is 1. The zero-order chi connectivity index (χ0) is 24.8. The summed E-state index contributed by atoms with van der Waals surface area (Å²) in [6.07, 6.45) is -0.866. The van der Waals surface area contributed by atoms with E-state index >= 15 is 0 Å². The molecule has 33 heavy (non-hydrogen) atoms. The van der Waals surface area contributed by atoms with Gasteiger partial charge in [0, 0.05) is 18.7 Å². The van der Waals surface area contributed by atoms with E-state index in [-0.39, 0.29) is 15.9 Å². The molecule has 0 fully saturated rings. The molecule has 0 heterocycles. The molecule has 2 aromatic rings. The first-order valence-corrected chi connectivity index (χ1v) is 12.3. The van der Waals surface area contributed by atoms with Gasteiger partial charge in [-0.1, -0.05) is 52.8 Å². The summed E-state index contributed by atoms with van der Waals surface area (Å²) < 4.78 is 32.4. The maximum Gasteiger partial charge on any atom is 0.279 e. The van der Waals surface area contributed by atoms with Crippen molar-refractivity contribution in [1.82, 2.24) is 15.2 Å². The normalized spacial score (nSPS) is 12.8. The highest BCUT2D eigenvalue weighted by molar-refractivity contribution is 7.89. The highest BCUT2D eigenvalue weighted by Gasteiger charge is 2.23. The van der Waals surface area contributed by atoms with Gasteiger partial charge in [0.05, 0.1) is 4.90 Å². The van der Waals surface area contributed by atoms with E-state index in [1.807, 2.05) is 18.2 Å². The van der Waals surface area contributed by atoms with Crippen molar-refractivity contribution < 1.29 is 22.7 Å². The molecule has 0 saturated heterocycles. The monoisotopic (exact) mass is 475 g/mol. The fourth-order valence-electron chi connectivity index (χ4n) is 3.10. The van der Waals surface area contributed by atoms with Crippen LogP contribution in [0.2, 0.25) is 0 Å². The number of hydrazine groups is 1. The van der Waals surface area contributed by atoms with Crippen LogP contribution >= 0.6 is 0 Å². The number of carbonyl (C=O) groups is 2. The Balaban J connectivity index is 2.03. The number of ether oxygens (including phenoxy) is 1. The molecular weight excluding hydrogens is 442 g/mol. The third-order valence-electron chi connectivity index (χ3n) is 5.12. The summed E-state index contributed by atoms with van der Waals surface area (Å²) in [6.45, 7) is 12.0. The van der Waals surface area contributed by atoms with Crippen molar-refractivity contribution in [3.05, 3.63) is 59.7 Å². The van der Waals surface area contributed by atoms with Crippen LogP contribution in [0.3, 0.4) is 0 Å². The van der Waals surface area contributed by atoms with Crippen molar-refractivity contribution in [2.75, 3.05) is 13.1 Å². The van der Waals surface area contributed by atoms with Gasteiger partial charge in [0.15, 0.2) is 6.10 Å². The summed E-state index contributed by atoms with van der Waals surface area (Å²) >= 11 is 0. The summed E-state index contributed by atoms with van der Waals surface area (Å²) in [7, 11) is -3.70. The van der Waals surface area contributed by atoms with E-state index in [4.69, 9.17) is 4.74 Å². The Bertz CT molecular complexity index is 1090. The number of rotatable bonds is 8. The number of hydrogen-bond donors (Lipinski definition) is 2. The number of nitrogens with zero attached hydrogens (tertiary/aromatic N) is 1. The molecular formula is C24H33N3O5S. The third kappa shape index (κ3) is 6.79. The van der Waals surface area contributed by atoms with Crippen molar-refractivity contribution in [3.8, 4) is 5.75 Å². The van der Waals surface area contributed by atoms with Gasteiger partial charge in [-0.05, 0) is 48.2 Å². The molecule has 0 aliphatic rings. The van der Waals surface area contributed by atoms with E-state index in [0.29, 0.717) is 18.8 Å². The lowest BCUT2D eigenvalue weighted by atomic mass is 9.87. The molecule has 2 amide bonds. The number of carbonyl (C=O) groups excluding carboxylic acids is 2. The van der Waals surface area contributed by atoms with Crippen LogP contribution in [0.5, 0.6) is 5.75 Å². The number of hydrogen-bond acceptors (Lipinski definition) is 5. The highest BCUT2D eigenvalue weighted by atomic mass is 32.2. The van der Waals surface area contributed by atoms with Crippen molar-refractivity contribution in [3.63, 3.8) is 0 Å². The lowest BCUT2D eigenvalue weighted by Gasteiger charge is -2.21. The number of amides is 2. The second kappa shape index (κ2) is 10.8. The predicted molar refractivity (Wildman–Crippen MR) is 127 cm³/mol. The third-order valence-corrected chi connectivity index (χ3v) is 7.17. The van der Waals surface area contributed by atoms with Gasteiger partial charge in [0.25, 0.3) is 11.8 Å². The minimum atomic E-state index is -3.70. The second-order valence-electron chi connectivity index (χ2n) is 8.60. The fraction of sp³-hybridized carbons (Fsp3) is 0.417. The van der Waals surface area contributed by atoms with Crippen LogP contribution in [0.15, 0.2) is 53.4 Å². The van der Waals surface area contributed by atoms with Crippen LogP contribution in [0.1, 0.15) is 57.5 Å². The maximum atomic E-state index is 12.7. The first kappa shape index (κ1) is 26.3. The van der Waals surface area contributed by atoms with Crippen molar-refractivity contribution in [2.45, 2.75) is 58.0 Å². The van der Waals surface area contributed by atoms with Gasteiger partial charge in [-0.15, -0.1) is 0 Å². The summed E-state index contributed by atoms with van der Waals surface area (Å²) in [5, 5.41) is 0. The fourth-order valence-corrected chi connectivity index (χ4v) is 4.60. The first-order valence-electron chi connectivity index (χ1n) is 10.9. The van der Waals surface area contributed by atoms with Crippen molar-refractivity contribution in [2.24, 2.45) is 0 Å². The van der Waals surface area contributed by atoms with Gasteiger partial charge in [0.2, 0.25) is 10.0 Å². The molecule has 8 nitrogen and oxygen atoms in total. The molecule has 2 N–H and O–H groups in total. The van der Waals surface area contributed by atoms with Crippen molar-refractivity contribution >= 4 is 21.8 Å². The van der Waals surface area contributed by atoms with E-state index < -0.39 is 27.9 Å². The molecule has 1 atom stereocenters. The molecule has 0 aromatic heterocycles. The molecule has 0 aliphatic carbocycles. The average Bonchev–Trinajstić information content (AvgIpc) is 2.77. The smallest absolute Gasteiger partial charge is 0.279 e. The predicted octanol–water partition coefficient (Wildman–Crippen LogP) is 3.24. The van der Waals surface area contributed by atoms with Crippen molar-refractivity contribution in [1.29, 1.82) is 0 Å². The summed E-state index contributed by atoms with van der Waals surface area (Å²) in [4.78, 5) is 24.9. The molecule has 180 valence electrons. The zero-order valence-corrected chi connectivity index (χ0v) is 20.8. The van der Waals surface area contributed by atoms with E-state index in [1.165, 1.54) is 28.6 Å².